The van der Waals surface area contributed by atoms with Gasteiger partial charge in [0.1, 0.15) is 18.2 Å². The summed E-state index contributed by atoms with van der Waals surface area (Å²) in [5.74, 6) is 2.09. The van der Waals surface area contributed by atoms with E-state index in [1.165, 1.54) is 89.4 Å². The molecule has 0 bridgehead atoms. The minimum Gasteiger partial charge on any atom is -0.382 e. The first-order chi connectivity index (χ1) is 20.3. The molecule has 2 aromatic rings. The van der Waals surface area contributed by atoms with Gasteiger partial charge in [0.25, 0.3) is 0 Å². The smallest absolute Gasteiger partial charge is 0.353 e. The largest absolute Gasteiger partial charge is 0.382 e. The number of aromatic nitrogens is 4. The maximum Gasteiger partial charge on any atom is 0.353 e. The van der Waals surface area contributed by atoms with Gasteiger partial charge in [0.15, 0.2) is 11.5 Å². The second-order valence-corrected chi connectivity index (χ2v) is 22.4. The van der Waals surface area contributed by atoms with Crippen molar-refractivity contribution in [3.8, 4) is 0 Å². The SMILES string of the molecule is C[C@H](Cn1cnc2c(N)ncnc21)OCP(=O)(O)OCCSCCCCCCCCCCCCCC[Si](C)(C)C(C)(C)C. The molecule has 9 nitrogen and oxygen atoms in total. The minimum atomic E-state index is -3.80. The molecule has 0 aliphatic carbocycles. The molecule has 0 aliphatic heterocycles. The maximum absolute atomic E-state index is 12.3. The van der Waals surface area contributed by atoms with Gasteiger partial charge >= 0.3 is 7.60 Å². The number of hydrogen-bond acceptors (Lipinski definition) is 8. The number of fused-ring (bicyclic) bond motifs is 1. The zero-order chi connectivity index (χ0) is 31.8. The Morgan fingerprint density at radius 3 is 2.14 bits per heavy atom. The Morgan fingerprint density at radius 2 is 1.53 bits per heavy atom. The van der Waals surface area contributed by atoms with E-state index in [9.17, 15) is 9.46 Å². The number of unbranched alkanes of at least 4 members (excludes halogenated alkanes) is 11. The molecule has 0 saturated carbocycles. The molecule has 2 heterocycles. The average Bonchev–Trinajstić information content (AvgIpc) is 3.34. The summed E-state index contributed by atoms with van der Waals surface area (Å²) in [6, 6.07) is 1.48. The molecule has 0 aromatic carbocycles. The molecule has 12 heteroatoms. The van der Waals surface area contributed by atoms with Gasteiger partial charge < -0.3 is 24.5 Å². The lowest BCUT2D eigenvalue weighted by Crippen LogP contribution is -2.36. The Morgan fingerprint density at radius 1 is 0.953 bits per heavy atom. The lowest BCUT2D eigenvalue weighted by molar-refractivity contribution is 0.0724. The van der Waals surface area contributed by atoms with E-state index in [-0.39, 0.29) is 19.1 Å². The van der Waals surface area contributed by atoms with Crippen LogP contribution in [0.5, 0.6) is 0 Å². The number of nitrogens with two attached hydrogens (primary N) is 1. The summed E-state index contributed by atoms with van der Waals surface area (Å²) in [5.41, 5.74) is 6.96. The number of hydrogen-bond donors (Lipinski definition) is 2. The fourth-order valence-corrected chi connectivity index (χ4v) is 8.59. The molecule has 0 fully saturated rings. The molecule has 0 aliphatic rings. The molecule has 0 radical (unpaired) electrons. The van der Waals surface area contributed by atoms with Gasteiger partial charge in [-0.1, -0.05) is 111 Å². The summed E-state index contributed by atoms with van der Waals surface area (Å²) in [7, 11) is -4.88. The third-order valence-electron chi connectivity index (χ3n) is 8.80. The number of anilines is 1. The number of ether oxygens (including phenoxy) is 1. The van der Waals surface area contributed by atoms with Crippen molar-refractivity contribution in [2.45, 2.75) is 142 Å². The molecule has 1 unspecified atom stereocenters. The van der Waals surface area contributed by atoms with Gasteiger partial charge in [0, 0.05) is 5.75 Å². The van der Waals surface area contributed by atoms with Crippen molar-refractivity contribution in [2.75, 3.05) is 30.2 Å². The van der Waals surface area contributed by atoms with E-state index in [1.807, 2.05) is 6.92 Å². The van der Waals surface area contributed by atoms with Crippen LogP contribution in [0.2, 0.25) is 24.2 Å². The van der Waals surface area contributed by atoms with Gasteiger partial charge in [-0.2, -0.15) is 11.8 Å². The molecule has 248 valence electrons. The van der Waals surface area contributed by atoms with Crippen molar-refractivity contribution in [1.82, 2.24) is 19.5 Å². The molecular formula is C31H60N5O4PSSi. The van der Waals surface area contributed by atoms with Crippen LogP contribution in [0.4, 0.5) is 5.82 Å². The Hall–Kier alpha value is -0.973. The fourth-order valence-electron chi connectivity index (χ4n) is 4.88. The van der Waals surface area contributed by atoms with Gasteiger partial charge in [-0.3, -0.25) is 4.57 Å². The van der Waals surface area contributed by atoms with E-state index in [4.69, 9.17) is 15.0 Å². The van der Waals surface area contributed by atoms with E-state index >= 15 is 0 Å². The van der Waals surface area contributed by atoms with Crippen LogP contribution in [0.15, 0.2) is 12.7 Å². The Balaban J connectivity index is 1.37. The highest BCUT2D eigenvalue weighted by Crippen LogP contribution is 2.42. The third kappa shape index (κ3) is 15.2. The monoisotopic (exact) mass is 657 g/mol. The number of nitrogen functional groups attached to an aromatic ring is 1. The zero-order valence-electron chi connectivity index (χ0n) is 27.9. The first kappa shape index (κ1) is 38.2. The molecule has 3 N–H and O–H groups in total. The van der Waals surface area contributed by atoms with E-state index < -0.39 is 15.7 Å². The number of thioether (sulfide) groups is 1. The van der Waals surface area contributed by atoms with Crippen molar-refractivity contribution in [3.05, 3.63) is 12.7 Å². The van der Waals surface area contributed by atoms with Crippen LogP contribution in [-0.2, 0) is 20.4 Å². The lowest BCUT2D eigenvalue weighted by atomic mass is 10.1. The van der Waals surface area contributed by atoms with Crippen LogP contribution in [0, 0.1) is 0 Å². The molecule has 0 amide bonds. The van der Waals surface area contributed by atoms with E-state index in [1.54, 1.807) is 22.7 Å². The van der Waals surface area contributed by atoms with Gasteiger partial charge in [-0.15, -0.1) is 0 Å². The van der Waals surface area contributed by atoms with Crippen molar-refractivity contribution in [3.63, 3.8) is 0 Å². The van der Waals surface area contributed by atoms with Gasteiger partial charge in [-0.05, 0) is 24.1 Å². The van der Waals surface area contributed by atoms with E-state index in [2.05, 4.69) is 48.8 Å². The maximum atomic E-state index is 12.3. The molecule has 2 rings (SSSR count). The van der Waals surface area contributed by atoms with Crippen LogP contribution < -0.4 is 5.73 Å². The van der Waals surface area contributed by atoms with E-state index in [0.29, 0.717) is 34.3 Å². The summed E-state index contributed by atoms with van der Waals surface area (Å²) in [6.07, 6.45) is 18.6. The standard InChI is InChI=1S/C31H60N5O4PSSi/c1-27(23-36-25-35-28-29(32)33-24-34-30(28)36)39-26-41(37,38)40-19-21-42-20-17-15-13-11-9-7-8-10-12-14-16-18-22-43(5,6)31(2,3)4/h24-25,27H,7-23,26H2,1-6H3,(H,37,38)(H2,32,33,34)/t27-/m1/s1. The second kappa shape index (κ2) is 19.5. The number of rotatable bonds is 24. The summed E-state index contributed by atoms with van der Waals surface area (Å²) in [4.78, 5) is 22.5. The predicted octanol–water partition coefficient (Wildman–Crippen LogP) is 8.90. The average molecular weight is 658 g/mol. The topological polar surface area (TPSA) is 125 Å². The second-order valence-electron chi connectivity index (χ2n) is 13.6. The third-order valence-corrected chi connectivity index (χ3v) is 16.6. The Labute approximate surface area is 266 Å². The van der Waals surface area contributed by atoms with E-state index in [0.717, 1.165) is 5.75 Å². The fraction of sp³-hybridized carbons (Fsp3) is 0.839. The first-order valence-electron chi connectivity index (χ1n) is 16.4. The Kier molecular flexibility index (Phi) is 17.3. The molecule has 2 atom stereocenters. The van der Waals surface area contributed by atoms with Crippen molar-refractivity contribution in [1.29, 1.82) is 0 Å². The van der Waals surface area contributed by atoms with Crippen molar-refractivity contribution >= 4 is 44.4 Å². The molecule has 2 aromatic heterocycles. The highest BCUT2D eigenvalue weighted by atomic mass is 32.2. The van der Waals surface area contributed by atoms with Crippen LogP contribution in [0.1, 0.15) is 105 Å². The lowest BCUT2D eigenvalue weighted by Gasteiger charge is -2.37. The summed E-state index contributed by atoms with van der Waals surface area (Å²) >= 11 is 1.78. The predicted molar refractivity (Wildman–Crippen MR) is 186 cm³/mol. The van der Waals surface area contributed by atoms with Crippen molar-refractivity contribution in [2.24, 2.45) is 0 Å². The quantitative estimate of drug-likeness (QED) is 0.0646. The zero-order valence-corrected chi connectivity index (χ0v) is 30.6. The number of nitrogens with zero attached hydrogens (tertiary/aromatic N) is 4. The normalized spacial score (nSPS) is 14.8. The van der Waals surface area contributed by atoms with Gasteiger partial charge in [-0.25, -0.2) is 15.0 Å². The van der Waals surface area contributed by atoms with Crippen LogP contribution in [0.25, 0.3) is 11.2 Å². The molecule has 0 spiro atoms. The molecule has 0 saturated heterocycles. The van der Waals surface area contributed by atoms with Crippen molar-refractivity contribution < 1.29 is 18.7 Å². The number of imidazole rings is 1. The van der Waals surface area contributed by atoms with Gasteiger partial charge in [0.05, 0.1) is 33.7 Å². The summed E-state index contributed by atoms with van der Waals surface area (Å²) in [5, 5.41) is 0.526. The molecule has 43 heavy (non-hydrogen) atoms. The Bertz CT molecular complexity index is 1100. The highest BCUT2D eigenvalue weighted by molar-refractivity contribution is 7.99. The van der Waals surface area contributed by atoms with Crippen LogP contribution in [0.3, 0.4) is 0 Å². The highest BCUT2D eigenvalue weighted by Gasteiger charge is 2.33. The molecular weight excluding hydrogens is 597 g/mol. The minimum absolute atomic E-state index is 0.245. The van der Waals surface area contributed by atoms with Gasteiger partial charge in [0.2, 0.25) is 0 Å². The summed E-state index contributed by atoms with van der Waals surface area (Å²) in [6.45, 7) is 14.9. The first-order valence-corrected chi connectivity index (χ1v) is 22.5. The van der Waals surface area contributed by atoms with Crippen LogP contribution >= 0.6 is 19.4 Å². The summed E-state index contributed by atoms with van der Waals surface area (Å²) < 4.78 is 25.0. The van der Waals surface area contributed by atoms with Crippen LogP contribution in [-0.4, -0.2) is 63.1 Å².